The van der Waals surface area contributed by atoms with Gasteiger partial charge in [-0.25, -0.2) is 9.67 Å². The largest absolute Gasteiger partial charge is 0.291 e. The van der Waals surface area contributed by atoms with Gasteiger partial charge in [0.05, 0.1) is 13.1 Å². The maximum atomic E-state index is 4.23. The Labute approximate surface area is 130 Å². The molecule has 0 radical (unpaired) electrons. The number of likely N-dealkylation sites (tertiary alicyclic amines) is 1. The Balaban J connectivity index is 1.65. The molecule has 0 spiro atoms. The standard InChI is InChI=1S/C14H24N8/c1-2-3-8-22-14(17-18-19-22)10-20-7-5-4-6-13(20)9-21-12-15-11-16-21/h11-13H,2-10H2,1H3/t13-/m0/s1. The van der Waals surface area contributed by atoms with E-state index in [1.165, 1.54) is 19.3 Å². The van der Waals surface area contributed by atoms with Gasteiger partial charge in [-0.15, -0.1) is 5.10 Å². The number of unbranched alkanes of at least 4 members (excludes halogenated alkanes) is 1. The minimum Gasteiger partial charge on any atom is -0.291 e. The highest BCUT2D eigenvalue weighted by Crippen LogP contribution is 2.20. The maximum Gasteiger partial charge on any atom is 0.165 e. The van der Waals surface area contributed by atoms with Gasteiger partial charge < -0.3 is 0 Å². The summed E-state index contributed by atoms with van der Waals surface area (Å²) < 4.78 is 3.87. The Morgan fingerprint density at radius 2 is 2.27 bits per heavy atom. The predicted octanol–water partition coefficient (Wildman–Crippen LogP) is 1.12. The van der Waals surface area contributed by atoms with E-state index >= 15 is 0 Å². The number of hydrogen-bond acceptors (Lipinski definition) is 6. The van der Waals surface area contributed by atoms with Crippen molar-refractivity contribution in [2.45, 2.75) is 64.7 Å². The highest BCUT2D eigenvalue weighted by Gasteiger charge is 2.24. The normalized spacial score (nSPS) is 19.6. The molecule has 8 heteroatoms. The van der Waals surface area contributed by atoms with Crippen LogP contribution in [-0.2, 0) is 19.6 Å². The van der Waals surface area contributed by atoms with E-state index in [1.54, 1.807) is 12.7 Å². The quantitative estimate of drug-likeness (QED) is 0.763. The van der Waals surface area contributed by atoms with Crippen LogP contribution < -0.4 is 0 Å². The minimum absolute atomic E-state index is 0.478. The van der Waals surface area contributed by atoms with Crippen LogP contribution >= 0.6 is 0 Å². The van der Waals surface area contributed by atoms with E-state index in [-0.39, 0.29) is 0 Å². The zero-order chi connectivity index (χ0) is 15.2. The molecule has 0 aliphatic carbocycles. The fraction of sp³-hybridized carbons (Fsp3) is 0.786. The Bertz CT molecular complexity index is 549. The van der Waals surface area contributed by atoms with E-state index in [9.17, 15) is 0 Å². The second-order valence-electron chi connectivity index (χ2n) is 5.91. The summed E-state index contributed by atoms with van der Waals surface area (Å²) in [5.41, 5.74) is 0. The van der Waals surface area contributed by atoms with Gasteiger partial charge in [0.15, 0.2) is 5.82 Å². The topological polar surface area (TPSA) is 77.5 Å². The fourth-order valence-electron chi connectivity index (χ4n) is 3.02. The summed E-state index contributed by atoms with van der Waals surface area (Å²) in [4.78, 5) is 6.52. The van der Waals surface area contributed by atoms with Gasteiger partial charge in [0.25, 0.3) is 0 Å². The summed E-state index contributed by atoms with van der Waals surface area (Å²) >= 11 is 0. The summed E-state index contributed by atoms with van der Waals surface area (Å²) in [5.74, 6) is 0.971. The van der Waals surface area contributed by atoms with Crippen LogP contribution in [0.2, 0.25) is 0 Å². The zero-order valence-corrected chi connectivity index (χ0v) is 13.2. The van der Waals surface area contributed by atoms with Crippen molar-refractivity contribution in [3.8, 4) is 0 Å². The van der Waals surface area contributed by atoms with E-state index < -0.39 is 0 Å². The van der Waals surface area contributed by atoms with Crippen LogP contribution in [0.15, 0.2) is 12.7 Å². The van der Waals surface area contributed by atoms with Crippen molar-refractivity contribution in [1.29, 1.82) is 0 Å². The monoisotopic (exact) mass is 304 g/mol. The van der Waals surface area contributed by atoms with E-state index in [2.05, 4.69) is 37.4 Å². The molecule has 1 aliphatic heterocycles. The Morgan fingerprint density at radius 3 is 3.09 bits per heavy atom. The number of nitrogens with zero attached hydrogens (tertiary/aromatic N) is 8. The first kappa shape index (κ1) is 15.1. The van der Waals surface area contributed by atoms with Crippen molar-refractivity contribution in [3.05, 3.63) is 18.5 Å². The average molecular weight is 304 g/mol. The van der Waals surface area contributed by atoms with Gasteiger partial charge in [0.2, 0.25) is 0 Å². The molecule has 2 aromatic heterocycles. The highest BCUT2D eigenvalue weighted by molar-refractivity contribution is 4.86. The molecular weight excluding hydrogens is 280 g/mol. The third-order valence-corrected chi connectivity index (χ3v) is 4.29. The van der Waals surface area contributed by atoms with Crippen LogP contribution in [0, 0.1) is 0 Å². The SMILES string of the molecule is CCCCn1nnnc1CN1CCCC[C@H]1Cn1cncn1. The third kappa shape index (κ3) is 3.68. The summed E-state index contributed by atoms with van der Waals surface area (Å²) in [6.07, 6.45) is 9.35. The third-order valence-electron chi connectivity index (χ3n) is 4.29. The van der Waals surface area contributed by atoms with Crippen LogP contribution in [0.4, 0.5) is 0 Å². The molecule has 120 valence electrons. The van der Waals surface area contributed by atoms with Gasteiger partial charge in [-0.2, -0.15) is 5.10 Å². The minimum atomic E-state index is 0.478. The molecule has 2 aromatic rings. The van der Waals surface area contributed by atoms with Gasteiger partial charge in [-0.1, -0.05) is 19.8 Å². The fourth-order valence-corrected chi connectivity index (χ4v) is 3.02. The van der Waals surface area contributed by atoms with Crippen molar-refractivity contribution in [2.75, 3.05) is 6.54 Å². The molecule has 3 rings (SSSR count). The molecule has 0 saturated carbocycles. The summed E-state index contributed by atoms with van der Waals surface area (Å²) in [5, 5.41) is 16.4. The van der Waals surface area contributed by atoms with Gasteiger partial charge in [0, 0.05) is 12.6 Å². The molecule has 1 atom stereocenters. The van der Waals surface area contributed by atoms with E-state index in [4.69, 9.17) is 0 Å². The van der Waals surface area contributed by atoms with Gasteiger partial charge in [0.1, 0.15) is 12.7 Å². The van der Waals surface area contributed by atoms with E-state index in [1.807, 2.05) is 9.36 Å². The molecule has 3 heterocycles. The summed E-state index contributed by atoms with van der Waals surface area (Å²) in [7, 11) is 0. The lowest BCUT2D eigenvalue weighted by molar-refractivity contribution is 0.116. The summed E-state index contributed by atoms with van der Waals surface area (Å²) in [6, 6.07) is 0.478. The second kappa shape index (κ2) is 7.44. The number of hydrogen-bond donors (Lipinski definition) is 0. The zero-order valence-electron chi connectivity index (χ0n) is 13.2. The average Bonchev–Trinajstić information content (AvgIpc) is 3.19. The summed E-state index contributed by atoms with van der Waals surface area (Å²) in [6.45, 7) is 5.88. The van der Waals surface area contributed by atoms with Crippen molar-refractivity contribution < 1.29 is 0 Å². The van der Waals surface area contributed by atoms with Crippen LogP contribution in [0.25, 0.3) is 0 Å². The molecule has 0 unspecified atom stereocenters. The molecule has 8 nitrogen and oxygen atoms in total. The lowest BCUT2D eigenvalue weighted by Crippen LogP contribution is -2.42. The Hall–Kier alpha value is -1.83. The van der Waals surface area contributed by atoms with Crippen LogP contribution in [-0.4, -0.2) is 52.5 Å². The molecule has 22 heavy (non-hydrogen) atoms. The Kier molecular flexibility index (Phi) is 5.10. The molecule has 0 aromatic carbocycles. The molecule has 0 N–H and O–H groups in total. The molecule has 0 bridgehead atoms. The first-order valence-electron chi connectivity index (χ1n) is 8.18. The first-order valence-corrected chi connectivity index (χ1v) is 8.18. The number of aryl methyl sites for hydroxylation is 1. The first-order chi connectivity index (χ1) is 10.9. The Morgan fingerprint density at radius 1 is 1.32 bits per heavy atom. The van der Waals surface area contributed by atoms with Crippen LogP contribution in [0.1, 0.15) is 44.9 Å². The number of tetrazole rings is 1. The van der Waals surface area contributed by atoms with Gasteiger partial charge >= 0.3 is 0 Å². The highest BCUT2D eigenvalue weighted by atomic mass is 15.5. The molecule has 1 aliphatic rings. The molecule has 1 fully saturated rings. The van der Waals surface area contributed by atoms with Crippen LogP contribution in [0.5, 0.6) is 0 Å². The maximum absolute atomic E-state index is 4.23. The van der Waals surface area contributed by atoms with Crippen LogP contribution in [0.3, 0.4) is 0 Å². The number of rotatable bonds is 7. The van der Waals surface area contributed by atoms with Crippen molar-refractivity contribution >= 4 is 0 Å². The van der Waals surface area contributed by atoms with Crippen molar-refractivity contribution in [2.24, 2.45) is 0 Å². The van der Waals surface area contributed by atoms with E-state index in [0.717, 1.165) is 44.8 Å². The number of piperidine rings is 1. The molecule has 0 amide bonds. The lowest BCUT2D eigenvalue weighted by Gasteiger charge is -2.35. The van der Waals surface area contributed by atoms with Crippen molar-refractivity contribution in [3.63, 3.8) is 0 Å². The molecular formula is C14H24N8. The van der Waals surface area contributed by atoms with Gasteiger partial charge in [-0.3, -0.25) is 9.58 Å². The second-order valence-corrected chi connectivity index (χ2v) is 5.91. The smallest absolute Gasteiger partial charge is 0.165 e. The van der Waals surface area contributed by atoms with Gasteiger partial charge in [-0.05, 0) is 36.2 Å². The molecule has 1 saturated heterocycles. The van der Waals surface area contributed by atoms with Crippen molar-refractivity contribution in [1.82, 2.24) is 39.9 Å². The lowest BCUT2D eigenvalue weighted by atomic mass is 10.0. The number of aromatic nitrogens is 7. The predicted molar refractivity (Wildman–Crippen MR) is 80.8 cm³/mol. The van der Waals surface area contributed by atoms with E-state index in [0.29, 0.717) is 6.04 Å².